The third kappa shape index (κ3) is 5.72. The van der Waals surface area contributed by atoms with Crippen molar-refractivity contribution in [1.82, 2.24) is 16.0 Å². The quantitative estimate of drug-likeness (QED) is 0.712. The van der Waals surface area contributed by atoms with Crippen molar-refractivity contribution in [2.45, 2.75) is 13.5 Å². The zero-order chi connectivity index (χ0) is 17.4. The number of urea groups is 1. The van der Waals surface area contributed by atoms with E-state index in [0.717, 1.165) is 5.56 Å². The van der Waals surface area contributed by atoms with Gasteiger partial charge in [-0.15, -0.1) is 0 Å². The monoisotopic (exact) mass is 329 g/mol. The summed E-state index contributed by atoms with van der Waals surface area (Å²) in [5.74, 6) is -0.699. The second-order valence-electron chi connectivity index (χ2n) is 5.36. The van der Waals surface area contributed by atoms with Gasteiger partial charge >= 0.3 is 6.03 Å². The van der Waals surface area contributed by atoms with Crippen LogP contribution in [0.1, 0.15) is 21.5 Å². The van der Waals surface area contributed by atoms with Crippen molar-refractivity contribution >= 4 is 11.9 Å². The Morgan fingerprint density at radius 1 is 0.875 bits per heavy atom. The highest BCUT2D eigenvalue weighted by atomic mass is 19.1. The van der Waals surface area contributed by atoms with Crippen LogP contribution in [0.5, 0.6) is 0 Å². The first-order chi connectivity index (χ1) is 11.5. The van der Waals surface area contributed by atoms with Gasteiger partial charge in [0.25, 0.3) is 5.91 Å². The number of carbonyl (C=O) groups excluding carboxylic acids is 2. The molecular weight excluding hydrogens is 309 g/mol. The highest BCUT2D eigenvalue weighted by Gasteiger charge is 2.05. The van der Waals surface area contributed by atoms with E-state index in [1.165, 1.54) is 29.8 Å². The van der Waals surface area contributed by atoms with Crippen molar-refractivity contribution in [2.75, 3.05) is 13.1 Å². The zero-order valence-electron chi connectivity index (χ0n) is 13.4. The molecule has 0 unspecified atom stereocenters. The van der Waals surface area contributed by atoms with Gasteiger partial charge in [0.1, 0.15) is 5.82 Å². The van der Waals surface area contributed by atoms with Crippen molar-refractivity contribution in [1.29, 1.82) is 0 Å². The fourth-order valence-electron chi connectivity index (χ4n) is 2.01. The third-order valence-corrected chi connectivity index (χ3v) is 3.38. The van der Waals surface area contributed by atoms with E-state index in [1.54, 1.807) is 0 Å². The molecule has 0 atom stereocenters. The normalized spacial score (nSPS) is 10.1. The van der Waals surface area contributed by atoms with Crippen LogP contribution < -0.4 is 16.0 Å². The predicted molar refractivity (Wildman–Crippen MR) is 90.2 cm³/mol. The highest BCUT2D eigenvalue weighted by Crippen LogP contribution is 2.03. The van der Waals surface area contributed by atoms with Crippen LogP contribution in [-0.4, -0.2) is 25.0 Å². The number of hydrogen-bond donors (Lipinski definition) is 3. The van der Waals surface area contributed by atoms with E-state index < -0.39 is 5.82 Å². The van der Waals surface area contributed by atoms with Crippen LogP contribution in [0.2, 0.25) is 0 Å². The first kappa shape index (κ1) is 17.5. The van der Waals surface area contributed by atoms with Crippen LogP contribution in [0.15, 0.2) is 48.5 Å². The summed E-state index contributed by atoms with van der Waals surface area (Å²) in [6.07, 6.45) is 0. The fourth-order valence-corrected chi connectivity index (χ4v) is 2.01. The molecule has 3 N–H and O–H groups in total. The first-order valence-electron chi connectivity index (χ1n) is 7.65. The summed E-state index contributed by atoms with van der Waals surface area (Å²) in [7, 11) is 0. The maximum Gasteiger partial charge on any atom is 0.315 e. The predicted octanol–water partition coefficient (Wildman–Crippen LogP) is 2.36. The van der Waals surface area contributed by atoms with E-state index >= 15 is 0 Å². The molecule has 2 aromatic rings. The number of benzene rings is 2. The number of hydrogen-bond acceptors (Lipinski definition) is 2. The number of halogens is 1. The maximum absolute atomic E-state index is 12.8. The van der Waals surface area contributed by atoms with Crippen LogP contribution in [0, 0.1) is 12.7 Å². The van der Waals surface area contributed by atoms with Crippen LogP contribution in [0.4, 0.5) is 9.18 Å². The summed E-state index contributed by atoms with van der Waals surface area (Å²) in [5, 5.41) is 8.05. The summed E-state index contributed by atoms with van der Waals surface area (Å²) in [5.41, 5.74) is 2.56. The van der Waals surface area contributed by atoms with Crippen molar-refractivity contribution in [2.24, 2.45) is 0 Å². The first-order valence-corrected chi connectivity index (χ1v) is 7.65. The minimum Gasteiger partial charge on any atom is -0.350 e. The fraction of sp³-hybridized carbons (Fsp3) is 0.222. The van der Waals surface area contributed by atoms with Gasteiger partial charge in [-0.25, -0.2) is 9.18 Å². The second-order valence-corrected chi connectivity index (χ2v) is 5.36. The molecule has 24 heavy (non-hydrogen) atoms. The maximum atomic E-state index is 12.8. The Kier molecular flexibility index (Phi) is 6.31. The SMILES string of the molecule is Cc1ccc(CNC(=O)NCCNC(=O)c2ccc(F)cc2)cc1. The molecule has 0 fully saturated rings. The van der Waals surface area contributed by atoms with E-state index in [9.17, 15) is 14.0 Å². The topological polar surface area (TPSA) is 70.2 Å². The number of carbonyl (C=O) groups is 2. The Labute approximate surface area is 140 Å². The zero-order valence-corrected chi connectivity index (χ0v) is 13.4. The molecule has 0 aliphatic heterocycles. The molecule has 0 aromatic heterocycles. The highest BCUT2D eigenvalue weighted by molar-refractivity contribution is 5.94. The van der Waals surface area contributed by atoms with Crippen LogP contribution in [-0.2, 0) is 6.54 Å². The van der Waals surface area contributed by atoms with E-state index in [-0.39, 0.29) is 18.5 Å². The molecule has 0 spiro atoms. The van der Waals surface area contributed by atoms with Gasteiger partial charge < -0.3 is 16.0 Å². The van der Waals surface area contributed by atoms with Gasteiger partial charge in [0.15, 0.2) is 0 Å². The molecule has 0 heterocycles. The van der Waals surface area contributed by atoms with Gasteiger partial charge in [-0.1, -0.05) is 29.8 Å². The molecule has 0 saturated carbocycles. The summed E-state index contributed by atoms with van der Waals surface area (Å²) in [6.45, 7) is 3.03. The average molecular weight is 329 g/mol. The van der Waals surface area contributed by atoms with E-state index in [4.69, 9.17) is 0 Å². The smallest absolute Gasteiger partial charge is 0.315 e. The van der Waals surface area contributed by atoms with Crippen LogP contribution in [0.3, 0.4) is 0 Å². The van der Waals surface area contributed by atoms with Crippen molar-refractivity contribution in [3.05, 3.63) is 71.0 Å². The Balaban J connectivity index is 1.63. The molecule has 0 bridgehead atoms. The molecule has 126 valence electrons. The largest absolute Gasteiger partial charge is 0.350 e. The van der Waals surface area contributed by atoms with Crippen LogP contribution >= 0.6 is 0 Å². The molecule has 5 nitrogen and oxygen atoms in total. The molecule has 0 radical (unpaired) electrons. The molecule has 2 rings (SSSR count). The summed E-state index contributed by atoms with van der Waals surface area (Å²) in [6, 6.07) is 12.9. The lowest BCUT2D eigenvalue weighted by Gasteiger charge is -2.09. The Morgan fingerprint density at radius 2 is 1.50 bits per heavy atom. The van der Waals surface area contributed by atoms with Crippen LogP contribution in [0.25, 0.3) is 0 Å². The summed E-state index contributed by atoms with van der Waals surface area (Å²) < 4.78 is 12.8. The minimum atomic E-state index is -0.390. The lowest BCUT2D eigenvalue weighted by molar-refractivity contribution is 0.0954. The molecule has 0 aliphatic carbocycles. The van der Waals surface area contributed by atoms with Gasteiger partial charge in [-0.05, 0) is 36.8 Å². The number of amides is 3. The van der Waals surface area contributed by atoms with Crippen molar-refractivity contribution in [3.8, 4) is 0 Å². The molecule has 3 amide bonds. The van der Waals surface area contributed by atoms with Gasteiger partial charge in [0, 0.05) is 25.2 Å². The lowest BCUT2D eigenvalue weighted by atomic mass is 10.1. The third-order valence-electron chi connectivity index (χ3n) is 3.38. The Hall–Kier alpha value is -2.89. The second kappa shape index (κ2) is 8.67. The van der Waals surface area contributed by atoms with Crippen molar-refractivity contribution in [3.63, 3.8) is 0 Å². The Morgan fingerprint density at radius 3 is 2.17 bits per heavy atom. The average Bonchev–Trinajstić information content (AvgIpc) is 2.58. The summed E-state index contributed by atoms with van der Waals surface area (Å²) in [4.78, 5) is 23.4. The van der Waals surface area contributed by atoms with Gasteiger partial charge in [0.05, 0.1) is 0 Å². The number of aryl methyl sites for hydroxylation is 1. The molecule has 0 saturated heterocycles. The van der Waals surface area contributed by atoms with Crippen molar-refractivity contribution < 1.29 is 14.0 Å². The molecule has 2 aromatic carbocycles. The molecule has 0 aliphatic rings. The van der Waals surface area contributed by atoms with Gasteiger partial charge in [-0.2, -0.15) is 0 Å². The van der Waals surface area contributed by atoms with Gasteiger partial charge in [0.2, 0.25) is 0 Å². The summed E-state index contributed by atoms with van der Waals surface area (Å²) >= 11 is 0. The number of rotatable bonds is 6. The number of nitrogens with one attached hydrogen (secondary N) is 3. The van der Waals surface area contributed by atoms with E-state index in [2.05, 4.69) is 16.0 Å². The lowest BCUT2D eigenvalue weighted by Crippen LogP contribution is -2.40. The minimum absolute atomic E-state index is 0.286. The molecular formula is C18H20FN3O2. The van der Waals surface area contributed by atoms with E-state index in [1.807, 2.05) is 31.2 Å². The van der Waals surface area contributed by atoms with E-state index in [0.29, 0.717) is 18.7 Å². The van der Waals surface area contributed by atoms with Gasteiger partial charge in [-0.3, -0.25) is 4.79 Å². The Bertz CT molecular complexity index is 684. The molecule has 6 heteroatoms. The standard InChI is InChI=1S/C18H20FN3O2/c1-13-2-4-14(5-3-13)12-22-18(24)21-11-10-20-17(23)15-6-8-16(19)9-7-15/h2-9H,10-12H2,1H3,(H,20,23)(H2,21,22,24).